The number of rotatable bonds is 6. The Morgan fingerprint density at radius 2 is 1.96 bits per heavy atom. The largest absolute Gasteiger partial charge is 0.349 e. The van der Waals surface area contributed by atoms with Crippen LogP contribution in [0.3, 0.4) is 0 Å². The van der Waals surface area contributed by atoms with Gasteiger partial charge in [0, 0.05) is 15.1 Å². The van der Waals surface area contributed by atoms with Gasteiger partial charge in [0.05, 0.1) is 17.5 Å². The monoisotopic (exact) mass is 454 g/mol. The molecule has 0 saturated carbocycles. The van der Waals surface area contributed by atoms with Crippen LogP contribution in [0.5, 0.6) is 0 Å². The molecule has 1 heterocycles. The van der Waals surface area contributed by atoms with Crippen LogP contribution in [0.2, 0.25) is 15.1 Å². The van der Waals surface area contributed by atoms with E-state index in [1.807, 2.05) is 32.0 Å². The van der Waals surface area contributed by atoms with Gasteiger partial charge in [0.1, 0.15) is 6.33 Å². The van der Waals surface area contributed by atoms with Crippen molar-refractivity contribution in [1.29, 1.82) is 0 Å². The molecule has 0 fully saturated rings. The van der Waals surface area contributed by atoms with E-state index >= 15 is 0 Å². The number of benzene rings is 2. The summed E-state index contributed by atoms with van der Waals surface area (Å²) in [5.41, 5.74) is 2.63. The quantitative estimate of drug-likeness (QED) is 0.498. The second kappa shape index (κ2) is 9.18. The number of amides is 1. The molecule has 28 heavy (non-hydrogen) atoms. The van der Waals surface area contributed by atoms with Gasteiger partial charge in [0.15, 0.2) is 5.16 Å². The molecule has 5 nitrogen and oxygen atoms in total. The van der Waals surface area contributed by atoms with Gasteiger partial charge in [-0.25, -0.2) is 0 Å². The van der Waals surface area contributed by atoms with Crippen LogP contribution < -0.4 is 5.32 Å². The van der Waals surface area contributed by atoms with Crippen molar-refractivity contribution < 1.29 is 4.79 Å². The summed E-state index contributed by atoms with van der Waals surface area (Å²) >= 11 is 19.6. The molecule has 0 radical (unpaired) electrons. The molecule has 1 aromatic heterocycles. The van der Waals surface area contributed by atoms with Crippen LogP contribution >= 0.6 is 46.6 Å². The minimum Gasteiger partial charge on any atom is -0.349 e. The third-order valence-electron chi connectivity index (χ3n) is 4.09. The summed E-state index contributed by atoms with van der Waals surface area (Å²) in [6.45, 7) is 3.81. The number of hydrogen-bond donors (Lipinski definition) is 1. The molecule has 0 spiro atoms. The molecule has 0 aliphatic carbocycles. The Labute approximate surface area is 182 Å². The van der Waals surface area contributed by atoms with Crippen molar-refractivity contribution in [2.75, 3.05) is 5.75 Å². The molecule has 0 bridgehead atoms. The van der Waals surface area contributed by atoms with Crippen LogP contribution in [0.25, 0.3) is 5.69 Å². The summed E-state index contributed by atoms with van der Waals surface area (Å²) in [6, 6.07) is 10.7. The first-order chi connectivity index (χ1) is 13.3. The number of nitrogens with one attached hydrogen (secondary N) is 1. The minimum absolute atomic E-state index is 0.139. The van der Waals surface area contributed by atoms with Gasteiger partial charge in [0.2, 0.25) is 5.91 Å². The van der Waals surface area contributed by atoms with E-state index in [1.54, 1.807) is 29.1 Å². The Balaban J connectivity index is 1.64. The zero-order valence-electron chi connectivity index (χ0n) is 15.1. The summed E-state index contributed by atoms with van der Waals surface area (Å²) in [4.78, 5) is 12.4. The highest BCUT2D eigenvalue weighted by Crippen LogP contribution is 2.27. The molecular formula is C19H17Cl3N4OS. The zero-order chi connectivity index (χ0) is 20.3. The Hall–Kier alpha value is -1.73. The molecule has 1 N–H and O–H groups in total. The van der Waals surface area contributed by atoms with Crippen LogP contribution in [0.4, 0.5) is 0 Å². The molecule has 3 rings (SSSR count). The maximum absolute atomic E-state index is 12.4. The van der Waals surface area contributed by atoms with Gasteiger partial charge in [-0.1, -0.05) is 58.7 Å². The summed E-state index contributed by atoms with van der Waals surface area (Å²) in [5, 5.41) is 13.3. The molecule has 146 valence electrons. The van der Waals surface area contributed by atoms with Crippen molar-refractivity contribution in [3.05, 3.63) is 68.9 Å². The van der Waals surface area contributed by atoms with E-state index in [0.29, 0.717) is 20.2 Å². The van der Waals surface area contributed by atoms with E-state index in [0.717, 1.165) is 16.8 Å². The van der Waals surface area contributed by atoms with E-state index in [2.05, 4.69) is 15.5 Å². The number of nitrogens with zero attached hydrogens (tertiary/aromatic N) is 3. The van der Waals surface area contributed by atoms with Gasteiger partial charge in [-0.05, 0) is 49.2 Å². The smallest absolute Gasteiger partial charge is 0.230 e. The van der Waals surface area contributed by atoms with Crippen molar-refractivity contribution in [3.63, 3.8) is 0 Å². The van der Waals surface area contributed by atoms with Crippen molar-refractivity contribution >= 4 is 52.5 Å². The SMILES string of the molecule is Cc1ccc(-n2cnnc2SCC(=O)NC(C)c2ccc(Cl)cc2Cl)cc1Cl. The number of halogens is 3. The molecule has 1 unspecified atom stereocenters. The van der Waals surface area contributed by atoms with E-state index in [9.17, 15) is 4.79 Å². The Morgan fingerprint density at radius 1 is 1.18 bits per heavy atom. The van der Waals surface area contributed by atoms with Crippen molar-refractivity contribution in [2.24, 2.45) is 0 Å². The van der Waals surface area contributed by atoms with Crippen LogP contribution in [-0.4, -0.2) is 26.4 Å². The van der Waals surface area contributed by atoms with Crippen molar-refractivity contribution in [1.82, 2.24) is 20.1 Å². The molecule has 3 aromatic rings. The van der Waals surface area contributed by atoms with Gasteiger partial charge < -0.3 is 5.32 Å². The lowest BCUT2D eigenvalue weighted by Gasteiger charge is -2.16. The molecule has 1 amide bonds. The maximum atomic E-state index is 12.4. The van der Waals surface area contributed by atoms with Gasteiger partial charge in [0.25, 0.3) is 0 Å². The van der Waals surface area contributed by atoms with Crippen LogP contribution in [0.1, 0.15) is 24.1 Å². The minimum atomic E-state index is -0.244. The van der Waals surface area contributed by atoms with Crippen molar-refractivity contribution in [2.45, 2.75) is 25.0 Å². The molecule has 0 aliphatic rings. The highest BCUT2D eigenvalue weighted by atomic mass is 35.5. The highest BCUT2D eigenvalue weighted by Gasteiger charge is 2.15. The Bertz CT molecular complexity index is 1010. The first kappa shape index (κ1) is 21.0. The fourth-order valence-electron chi connectivity index (χ4n) is 2.58. The average molecular weight is 456 g/mol. The maximum Gasteiger partial charge on any atom is 0.230 e. The summed E-state index contributed by atoms with van der Waals surface area (Å²) in [6.07, 6.45) is 1.59. The van der Waals surface area contributed by atoms with Gasteiger partial charge >= 0.3 is 0 Å². The predicted octanol–water partition coefficient (Wildman–Crippen LogP) is 5.51. The summed E-state index contributed by atoms with van der Waals surface area (Å²) < 4.78 is 1.79. The molecule has 1 atom stereocenters. The Kier molecular flexibility index (Phi) is 6.88. The number of carbonyl (C=O) groups excluding carboxylic acids is 1. The predicted molar refractivity (Wildman–Crippen MR) is 115 cm³/mol. The zero-order valence-corrected chi connectivity index (χ0v) is 18.2. The first-order valence-electron chi connectivity index (χ1n) is 8.39. The van der Waals surface area contributed by atoms with Gasteiger partial charge in [-0.3, -0.25) is 9.36 Å². The lowest BCUT2D eigenvalue weighted by Crippen LogP contribution is -2.28. The standard InChI is InChI=1S/C19H17Cl3N4OS/c1-11-3-5-14(8-16(11)21)26-10-23-25-19(26)28-9-18(27)24-12(2)15-6-4-13(20)7-17(15)22/h3-8,10,12H,9H2,1-2H3,(H,24,27). The fourth-order valence-corrected chi connectivity index (χ4v) is 4.06. The molecule has 9 heteroatoms. The lowest BCUT2D eigenvalue weighted by atomic mass is 10.1. The molecule has 0 aliphatic heterocycles. The van der Waals surface area contributed by atoms with E-state index in [4.69, 9.17) is 34.8 Å². The molecule has 0 saturated heterocycles. The number of hydrogen-bond acceptors (Lipinski definition) is 4. The summed E-state index contributed by atoms with van der Waals surface area (Å²) in [7, 11) is 0. The van der Waals surface area contributed by atoms with Crippen LogP contribution in [0, 0.1) is 6.92 Å². The molecule has 2 aromatic carbocycles. The number of aromatic nitrogens is 3. The van der Waals surface area contributed by atoms with Gasteiger partial charge in [-0.15, -0.1) is 10.2 Å². The van der Waals surface area contributed by atoms with Gasteiger partial charge in [-0.2, -0.15) is 0 Å². The second-order valence-corrected chi connectivity index (χ2v) is 8.35. The third-order valence-corrected chi connectivity index (χ3v) is 6.00. The highest BCUT2D eigenvalue weighted by molar-refractivity contribution is 7.99. The van der Waals surface area contributed by atoms with E-state index in [1.165, 1.54) is 11.8 Å². The summed E-state index contributed by atoms with van der Waals surface area (Å²) in [5.74, 6) is 0.0494. The van der Waals surface area contributed by atoms with Crippen molar-refractivity contribution in [3.8, 4) is 5.69 Å². The topological polar surface area (TPSA) is 59.8 Å². The van der Waals surface area contributed by atoms with Crippen LogP contribution in [-0.2, 0) is 4.79 Å². The van der Waals surface area contributed by atoms with E-state index < -0.39 is 0 Å². The lowest BCUT2D eigenvalue weighted by molar-refractivity contribution is -0.119. The van der Waals surface area contributed by atoms with E-state index in [-0.39, 0.29) is 17.7 Å². The second-order valence-electron chi connectivity index (χ2n) is 6.16. The first-order valence-corrected chi connectivity index (χ1v) is 10.5. The third kappa shape index (κ3) is 5.00. The Morgan fingerprint density at radius 3 is 2.68 bits per heavy atom. The number of carbonyl (C=O) groups is 1. The average Bonchev–Trinajstić information content (AvgIpc) is 3.10. The fraction of sp³-hybridized carbons (Fsp3) is 0.211. The number of aryl methyl sites for hydroxylation is 1. The van der Waals surface area contributed by atoms with Crippen LogP contribution in [0.15, 0.2) is 47.9 Å². The molecular weight excluding hydrogens is 439 g/mol. The normalized spacial score (nSPS) is 12.0. The number of thioether (sulfide) groups is 1.